The van der Waals surface area contributed by atoms with Crippen molar-refractivity contribution in [2.45, 2.75) is 13.8 Å². The van der Waals surface area contributed by atoms with Gasteiger partial charge < -0.3 is 0 Å². The molecule has 0 atom stereocenters. The zero-order valence-electron chi connectivity index (χ0n) is 7.36. The molecule has 2 heteroatoms. The second-order valence-electron chi connectivity index (χ2n) is 2.10. The van der Waals surface area contributed by atoms with Crippen LogP contribution in [0.3, 0.4) is 0 Å². The van der Waals surface area contributed by atoms with Crippen molar-refractivity contribution in [3.8, 4) is 0 Å². The zero-order chi connectivity index (χ0) is 8.81. The Labute approximate surface area is 72.3 Å². The molecule has 0 aliphatic rings. The van der Waals surface area contributed by atoms with Crippen LogP contribution < -0.4 is 0 Å². The Morgan fingerprint density at radius 1 is 0.833 bits per heavy atom. The van der Waals surface area contributed by atoms with Crippen LogP contribution in [0.15, 0.2) is 36.9 Å². The first-order valence-electron chi connectivity index (χ1n) is 4.10. The van der Waals surface area contributed by atoms with Gasteiger partial charge in [-0.3, -0.25) is 9.97 Å². The Morgan fingerprint density at radius 3 is 1.67 bits per heavy atom. The van der Waals surface area contributed by atoms with Crippen molar-refractivity contribution in [2.75, 3.05) is 0 Å². The largest absolute Gasteiger partial charge is 0.264 e. The van der Waals surface area contributed by atoms with Gasteiger partial charge in [-0.25, -0.2) is 0 Å². The zero-order valence-corrected chi connectivity index (χ0v) is 7.36. The van der Waals surface area contributed by atoms with E-state index in [0.717, 1.165) is 10.8 Å². The van der Waals surface area contributed by atoms with Gasteiger partial charge in [0.05, 0.1) is 0 Å². The molecule has 2 rings (SSSR count). The standard InChI is InChI=1S/C8H6N2.C2H6/c1-3-9-6-8-2-4-10-5-7(1)8;1-2/h1-6H;1-2H3. The van der Waals surface area contributed by atoms with Crippen molar-refractivity contribution in [1.29, 1.82) is 0 Å². The lowest BCUT2D eigenvalue weighted by Gasteiger charge is -1.91. The highest BCUT2D eigenvalue weighted by Gasteiger charge is 1.87. The van der Waals surface area contributed by atoms with Gasteiger partial charge in [0, 0.05) is 35.6 Å². The minimum atomic E-state index is 1.14. The number of hydrogen-bond donors (Lipinski definition) is 0. The smallest absolute Gasteiger partial charge is 0.0347 e. The molecule has 0 saturated carbocycles. The third-order valence-electron chi connectivity index (χ3n) is 1.44. The van der Waals surface area contributed by atoms with Crippen molar-refractivity contribution in [2.24, 2.45) is 0 Å². The lowest BCUT2D eigenvalue weighted by molar-refractivity contribution is 1.32. The van der Waals surface area contributed by atoms with Crippen molar-refractivity contribution < 1.29 is 0 Å². The molecule has 0 aliphatic heterocycles. The van der Waals surface area contributed by atoms with Crippen molar-refractivity contribution in [3.63, 3.8) is 0 Å². The van der Waals surface area contributed by atoms with E-state index in [2.05, 4.69) is 9.97 Å². The summed E-state index contributed by atoms with van der Waals surface area (Å²) in [7, 11) is 0. The van der Waals surface area contributed by atoms with Crippen LogP contribution in [0.25, 0.3) is 10.8 Å². The Bertz CT molecular complexity index is 279. The van der Waals surface area contributed by atoms with Gasteiger partial charge in [0.25, 0.3) is 0 Å². The summed E-state index contributed by atoms with van der Waals surface area (Å²) in [6.45, 7) is 4.00. The molecule has 12 heavy (non-hydrogen) atoms. The second kappa shape index (κ2) is 4.44. The monoisotopic (exact) mass is 160 g/mol. The number of fused-ring (bicyclic) bond motifs is 1. The van der Waals surface area contributed by atoms with Crippen LogP contribution in [-0.4, -0.2) is 9.97 Å². The molecule has 0 amide bonds. The van der Waals surface area contributed by atoms with Gasteiger partial charge in [-0.15, -0.1) is 0 Å². The van der Waals surface area contributed by atoms with E-state index in [4.69, 9.17) is 0 Å². The molecule has 0 spiro atoms. The van der Waals surface area contributed by atoms with Gasteiger partial charge in [0.1, 0.15) is 0 Å². The molecule has 2 aromatic heterocycles. The van der Waals surface area contributed by atoms with Gasteiger partial charge in [-0.05, 0) is 12.1 Å². The van der Waals surface area contributed by atoms with E-state index in [1.165, 1.54) is 0 Å². The molecule has 62 valence electrons. The number of rotatable bonds is 0. The molecule has 0 fully saturated rings. The Morgan fingerprint density at radius 2 is 1.25 bits per heavy atom. The third kappa shape index (κ3) is 1.78. The molecule has 0 bridgehead atoms. The Kier molecular flexibility index (Phi) is 3.20. The lowest BCUT2D eigenvalue weighted by atomic mass is 10.2. The summed E-state index contributed by atoms with van der Waals surface area (Å²) in [5, 5.41) is 2.27. The summed E-state index contributed by atoms with van der Waals surface area (Å²) in [6.07, 6.45) is 7.20. The van der Waals surface area contributed by atoms with Crippen LogP contribution in [0.1, 0.15) is 13.8 Å². The maximum absolute atomic E-state index is 3.99. The minimum absolute atomic E-state index is 1.14. The van der Waals surface area contributed by atoms with Gasteiger partial charge in [0.15, 0.2) is 0 Å². The summed E-state index contributed by atoms with van der Waals surface area (Å²) in [6, 6.07) is 3.89. The second-order valence-corrected chi connectivity index (χ2v) is 2.10. The van der Waals surface area contributed by atoms with E-state index in [0.29, 0.717) is 0 Å². The van der Waals surface area contributed by atoms with Crippen LogP contribution in [0.4, 0.5) is 0 Å². The number of aromatic nitrogens is 2. The van der Waals surface area contributed by atoms with Gasteiger partial charge >= 0.3 is 0 Å². The molecule has 0 unspecified atom stereocenters. The topological polar surface area (TPSA) is 25.8 Å². The summed E-state index contributed by atoms with van der Waals surface area (Å²) >= 11 is 0. The molecule has 2 nitrogen and oxygen atoms in total. The van der Waals surface area contributed by atoms with E-state index < -0.39 is 0 Å². The minimum Gasteiger partial charge on any atom is -0.264 e. The molecule has 2 heterocycles. The fraction of sp³-hybridized carbons (Fsp3) is 0.200. The first kappa shape index (κ1) is 8.65. The SMILES string of the molecule is CC.c1cc2cnccc2cn1. The van der Waals surface area contributed by atoms with Crippen molar-refractivity contribution in [3.05, 3.63) is 36.9 Å². The predicted molar refractivity (Wildman–Crippen MR) is 50.9 cm³/mol. The first-order chi connectivity index (χ1) is 5.97. The normalized spacial score (nSPS) is 8.83. The average molecular weight is 160 g/mol. The highest BCUT2D eigenvalue weighted by Crippen LogP contribution is 2.07. The summed E-state index contributed by atoms with van der Waals surface area (Å²) in [5.74, 6) is 0. The van der Waals surface area contributed by atoms with E-state index in [-0.39, 0.29) is 0 Å². The summed E-state index contributed by atoms with van der Waals surface area (Å²) in [5.41, 5.74) is 0. The number of hydrogen-bond acceptors (Lipinski definition) is 2. The van der Waals surface area contributed by atoms with Gasteiger partial charge in [-0.2, -0.15) is 0 Å². The molecular weight excluding hydrogens is 148 g/mol. The van der Waals surface area contributed by atoms with Gasteiger partial charge in [0.2, 0.25) is 0 Å². The number of nitrogens with zero attached hydrogens (tertiary/aromatic N) is 2. The Balaban J connectivity index is 0.000000336. The first-order valence-corrected chi connectivity index (χ1v) is 4.10. The quantitative estimate of drug-likeness (QED) is 0.592. The summed E-state index contributed by atoms with van der Waals surface area (Å²) < 4.78 is 0. The fourth-order valence-corrected chi connectivity index (χ4v) is 0.921. The third-order valence-corrected chi connectivity index (χ3v) is 1.44. The Hall–Kier alpha value is -1.44. The predicted octanol–water partition coefficient (Wildman–Crippen LogP) is 2.66. The van der Waals surface area contributed by atoms with Crippen LogP contribution in [0.5, 0.6) is 0 Å². The van der Waals surface area contributed by atoms with Crippen molar-refractivity contribution in [1.82, 2.24) is 9.97 Å². The van der Waals surface area contributed by atoms with E-state index >= 15 is 0 Å². The molecular formula is C10H12N2. The van der Waals surface area contributed by atoms with Crippen molar-refractivity contribution >= 4 is 10.8 Å². The maximum atomic E-state index is 3.99. The van der Waals surface area contributed by atoms with Gasteiger partial charge in [-0.1, -0.05) is 13.8 Å². The molecule has 2 aromatic rings. The molecule has 0 aliphatic carbocycles. The van der Waals surface area contributed by atoms with Crippen LogP contribution in [0.2, 0.25) is 0 Å². The number of pyridine rings is 2. The van der Waals surface area contributed by atoms with E-state index in [9.17, 15) is 0 Å². The molecule has 0 saturated heterocycles. The summed E-state index contributed by atoms with van der Waals surface area (Å²) in [4.78, 5) is 7.97. The highest BCUT2D eigenvalue weighted by molar-refractivity contribution is 5.79. The van der Waals surface area contributed by atoms with E-state index in [1.807, 2.05) is 38.4 Å². The van der Waals surface area contributed by atoms with E-state index in [1.54, 1.807) is 12.4 Å². The maximum Gasteiger partial charge on any atom is 0.0347 e. The molecule has 0 N–H and O–H groups in total. The fourth-order valence-electron chi connectivity index (χ4n) is 0.921. The van der Waals surface area contributed by atoms with Crippen LogP contribution in [-0.2, 0) is 0 Å². The average Bonchev–Trinajstić information content (AvgIpc) is 2.21. The molecule has 0 radical (unpaired) electrons. The molecule has 0 aromatic carbocycles. The highest BCUT2D eigenvalue weighted by atomic mass is 14.6. The van der Waals surface area contributed by atoms with Crippen LogP contribution in [0, 0.1) is 0 Å². The lowest BCUT2D eigenvalue weighted by Crippen LogP contribution is -1.74. The van der Waals surface area contributed by atoms with Crippen LogP contribution >= 0.6 is 0 Å².